The number of carbonyl (C=O) groups is 1. The number of hydrogen-bond acceptors (Lipinski definition) is 6. The summed E-state index contributed by atoms with van der Waals surface area (Å²) in [6.07, 6.45) is 6.12. The second kappa shape index (κ2) is 6.54. The minimum Gasteiger partial charge on any atom is -0.474 e. The molecule has 0 spiro atoms. The molecule has 6 nitrogen and oxygen atoms in total. The summed E-state index contributed by atoms with van der Waals surface area (Å²) in [5.74, 6) is 0.923. The van der Waals surface area contributed by atoms with Crippen LogP contribution in [0.3, 0.4) is 0 Å². The van der Waals surface area contributed by atoms with Gasteiger partial charge in [-0.05, 0) is 33.1 Å². The molecule has 0 radical (unpaired) electrons. The first-order valence-electron chi connectivity index (χ1n) is 6.95. The van der Waals surface area contributed by atoms with Gasteiger partial charge in [-0.15, -0.1) is 0 Å². The lowest BCUT2D eigenvalue weighted by atomic mass is 10.0. The fraction of sp³-hybridized carbons (Fsp3) is 0.643. The quantitative estimate of drug-likeness (QED) is 0.783. The number of anilines is 1. The highest BCUT2D eigenvalue weighted by Crippen LogP contribution is 2.24. The second-order valence-corrected chi connectivity index (χ2v) is 5.11. The van der Waals surface area contributed by atoms with Crippen LogP contribution in [-0.4, -0.2) is 41.7 Å². The molecule has 1 unspecified atom stereocenters. The molecule has 110 valence electrons. The van der Waals surface area contributed by atoms with Gasteiger partial charge in [0.05, 0.1) is 25.6 Å². The number of hydrogen-bond donors (Lipinski definition) is 0. The molecule has 20 heavy (non-hydrogen) atoms. The molecule has 1 saturated heterocycles. The Morgan fingerprint density at radius 3 is 2.90 bits per heavy atom. The van der Waals surface area contributed by atoms with Crippen LogP contribution in [0.5, 0.6) is 5.88 Å². The highest BCUT2D eigenvalue weighted by atomic mass is 16.5. The zero-order valence-corrected chi connectivity index (χ0v) is 12.2. The molecule has 1 aliphatic rings. The van der Waals surface area contributed by atoms with Crippen LogP contribution in [-0.2, 0) is 9.53 Å². The molecule has 1 aliphatic heterocycles. The monoisotopic (exact) mass is 279 g/mol. The Bertz CT molecular complexity index is 465. The summed E-state index contributed by atoms with van der Waals surface area (Å²) in [5, 5.41) is 0. The van der Waals surface area contributed by atoms with Gasteiger partial charge in [-0.2, -0.15) is 4.98 Å². The Balaban J connectivity index is 2.21. The molecule has 0 aliphatic carbocycles. The molecule has 1 aromatic rings. The zero-order valence-electron chi connectivity index (χ0n) is 12.2. The van der Waals surface area contributed by atoms with Crippen molar-refractivity contribution in [1.29, 1.82) is 0 Å². The van der Waals surface area contributed by atoms with E-state index in [1.54, 1.807) is 12.4 Å². The molecule has 0 N–H and O–H groups in total. The molecule has 0 amide bonds. The molecule has 2 heterocycles. The average Bonchev–Trinajstić information content (AvgIpc) is 2.46. The third-order valence-electron chi connectivity index (χ3n) is 3.23. The number of nitrogens with zero attached hydrogens (tertiary/aromatic N) is 3. The maximum absolute atomic E-state index is 11.9. The molecular weight excluding hydrogens is 258 g/mol. The van der Waals surface area contributed by atoms with Gasteiger partial charge in [-0.3, -0.25) is 4.98 Å². The number of carbonyl (C=O) groups excluding carboxylic acids is 1. The molecule has 2 rings (SSSR count). The third-order valence-corrected chi connectivity index (χ3v) is 3.23. The number of esters is 1. The summed E-state index contributed by atoms with van der Waals surface area (Å²) >= 11 is 0. The van der Waals surface area contributed by atoms with Crippen molar-refractivity contribution in [2.45, 2.75) is 45.3 Å². The standard InChI is InChI=1S/C14H21N3O3/c1-10(2)20-13-9-15-8-12(16-13)17-7-5-4-6-11(17)14(18)19-3/h8-11H,4-7H2,1-3H3. The van der Waals surface area contributed by atoms with Crippen molar-refractivity contribution in [2.24, 2.45) is 0 Å². The van der Waals surface area contributed by atoms with E-state index in [0.29, 0.717) is 11.7 Å². The second-order valence-electron chi connectivity index (χ2n) is 5.11. The molecule has 1 atom stereocenters. The van der Waals surface area contributed by atoms with Crippen molar-refractivity contribution in [1.82, 2.24) is 9.97 Å². The molecule has 1 aromatic heterocycles. The van der Waals surface area contributed by atoms with Crippen LogP contribution >= 0.6 is 0 Å². The summed E-state index contributed by atoms with van der Waals surface area (Å²) < 4.78 is 10.4. The van der Waals surface area contributed by atoms with Gasteiger partial charge in [-0.25, -0.2) is 4.79 Å². The maximum Gasteiger partial charge on any atom is 0.328 e. The van der Waals surface area contributed by atoms with Gasteiger partial charge in [0.2, 0.25) is 5.88 Å². The molecule has 0 aromatic carbocycles. The molecule has 6 heteroatoms. The predicted octanol–water partition coefficient (Wildman–Crippen LogP) is 1.80. The SMILES string of the molecule is COC(=O)C1CCCCN1c1cncc(OC(C)C)n1. The Morgan fingerprint density at radius 1 is 1.40 bits per heavy atom. The van der Waals surface area contributed by atoms with Gasteiger partial charge in [0.25, 0.3) is 0 Å². The topological polar surface area (TPSA) is 64.5 Å². The number of piperidine rings is 1. The first-order chi connectivity index (χ1) is 9.61. The molecule has 0 bridgehead atoms. The van der Waals surface area contributed by atoms with E-state index in [9.17, 15) is 4.79 Å². The fourth-order valence-electron chi connectivity index (χ4n) is 2.36. The summed E-state index contributed by atoms with van der Waals surface area (Å²) in [4.78, 5) is 22.4. The smallest absolute Gasteiger partial charge is 0.328 e. The van der Waals surface area contributed by atoms with E-state index in [0.717, 1.165) is 25.8 Å². The van der Waals surface area contributed by atoms with Crippen LogP contribution < -0.4 is 9.64 Å². The summed E-state index contributed by atoms with van der Waals surface area (Å²) in [6, 6.07) is -0.280. The van der Waals surface area contributed by atoms with Crippen molar-refractivity contribution >= 4 is 11.8 Å². The molecule has 0 saturated carbocycles. The lowest BCUT2D eigenvalue weighted by molar-refractivity contribution is -0.142. The van der Waals surface area contributed by atoms with Gasteiger partial charge in [0, 0.05) is 6.54 Å². The zero-order chi connectivity index (χ0) is 14.5. The lowest BCUT2D eigenvalue weighted by Crippen LogP contribution is -2.45. The first-order valence-corrected chi connectivity index (χ1v) is 6.95. The van der Waals surface area contributed by atoms with Gasteiger partial charge in [-0.1, -0.05) is 0 Å². The van der Waals surface area contributed by atoms with Gasteiger partial charge >= 0.3 is 5.97 Å². The van der Waals surface area contributed by atoms with E-state index in [2.05, 4.69) is 9.97 Å². The van der Waals surface area contributed by atoms with Crippen LogP contribution in [0.25, 0.3) is 0 Å². The van der Waals surface area contributed by atoms with Crippen molar-refractivity contribution in [3.8, 4) is 5.88 Å². The third kappa shape index (κ3) is 3.37. The van der Waals surface area contributed by atoms with E-state index < -0.39 is 0 Å². The van der Waals surface area contributed by atoms with E-state index in [1.165, 1.54) is 7.11 Å². The molecular formula is C14H21N3O3. The average molecular weight is 279 g/mol. The lowest BCUT2D eigenvalue weighted by Gasteiger charge is -2.34. The van der Waals surface area contributed by atoms with E-state index in [4.69, 9.17) is 9.47 Å². The minimum atomic E-state index is -0.280. The van der Waals surface area contributed by atoms with Gasteiger partial charge < -0.3 is 14.4 Å². The van der Waals surface area contributed by atoms with Crippen LogP contribution in [0.2, 0.25) is 0 Å². The van der Waals surface area contributed by atoms with Crippen molar-refractivity contribution in [3.05, 3.63) is 12.4 Å². The van der Waals surface area contributed by atoms with Gasteiger partial charge in [0.1, 0.15) is 6.04 Å². The summed E-state index contributed by atoms with van der Waals surface area (Å²) in [6.45, 7) is 4.65. The van der Waals surface area contributed by atoms with Crippen LogP contribution in [0.1, 0.15) is 33.1 Å². The maximum atomic E-state index is 11.9. The molecule has 1 fully saturated rings. The number of aromatic nitrogens is 2. The van der Waals surface area contributed by atoms with Crippen LogP contribution in [0.15, 0.2) is 12.4 Å². The Labute approximate surface area is 119 Å². The number of ether oxygens (including phenoxy) is 2. The number of methoxy groups -OCH3 is 1. The van der Waals surface area contributed by atoms with Crippen LogP contribution in [0.4, 0.5) is 5.82 Å². The van der Waals surface area contributed by atoms with Crippen LogP contribution in [0, 0.1) is 0 Å². The Kier molecular flexibility index (Phi) is 4.76. The van der Waals surface area contributed by atoms with Crippen molar-refractivity contribution in [2.75, 3.05) is 18.6 Å². The minimum absolute atomic E-state index is 0.0392. The fourth-order valence-corrected chi connectivity index (χ4v) is 2.36. The highest BCUT2D eigenvalue weighted by Gasteiger charge is 2.30. The van der Waals surface area contributed by atoms with E-state index >= 15 is 0 Å². The number of rotatable bonds is 4. The van der Waals surface area contributed by atoms with Crippen molar-refractivity contribution in [3.63, 3.8) is 0 Å². The predicted molar refractivity (Wildman–Crippen MR) is 74.8 cm³/mol. The van der Waals surface area contributed by atoms with E-state index in [1.807, 2.05) is 18.7 Å². The summed E-state index contributed by atoms with van der Waals surface area (Å²) in [5.41, 5.74) is 0. The largest absolute Gasteiger partial charge is 0.474 e. The Hall–Kier alpha value is -1.85. The van der Waals surface area contributed by atoms with Gasteiger partial charge in [0.15, 0.2) is 5.82 Å². The first kappa shape index (κ1) is 14.6. The van der Waals surface area contributed by atoms with E-state index in [-0.39, 0.29) is 18.1 Å². The summed E-state index contributed by atoms with van der Waals surface area (Å²) in [7, 11) is 1.42. The normalized spacial score (nSPS) is 19.0. The Morgan fingerprint density at radius 2 is 2.20 bits per heavy atom. The highest BCUT2D eigenvalue weighted by molar-refractivity contribution is 5.79. The van der Waals surface area contributed by atoms with Crippen molar-refractivity contribution < 1.29 is 14.3 Å².